The van der Waals surface area contributed by atoms with Crippen LogP contribution in [0.3, 0.4) is 0 Å². The molecule has 0 unspecified atom stereocenters. The lowest BCUT2D eigenvalue weighted by Crippen LogP contribution is -2.38. The van der Waals surface area contributed by atoms with E-state index >= 15 is 0 Å². The number of ether oxygens (including phenoxy) is 1. The fourth-order valence-corrected chi connectivity index (χ4v) is 4.42. The van der Waals surface area contributed by atoms with Gasteiger partial charge in [-0.2, -0.15) is 0 Å². The SMILES string of the molecule is CCNC(=NCc1ccc(CS(=O)(=O)NC(C)C)cc1)NCCc1ccc(OC)cc1.I. The number of rotatable bonds is 11. The first-order chi connectivity index (χ1) is 14.8. The highest BCUT2D eigenvalue weighted by Crippen LogP contribution is 2.11. The highest BCUT2D eigenvalue weighted by Gasteiger charge is 2.12. The van der Waals surface area contributed by atoms with Crippen molar-refractivity contribution in [1.29, 1.82) is 0 Å². The van der Waals surface area contributed by atoms with Crippen molar-refractivity contribution in [3.05, 3.63) is 65.2 Å². The molecule has 0 radical (unpaired) electrons. The Morgan fingerprint density at radius 3 is 2.12 bits per heavy atom. The highest BCUT2D eigenvalue weighted by atomic mass is 127. The summed E-state index contributed by atoms with van der Waals surface area (Å²) in [7, 11) is -1.66. The first-order valence-electron chi connectivity index (χ1n) is 10.5. The highest BCUT2D eigenvalue weighted by molar-refractivity contribution is 14.0. The molecule has 0 atom stereocenters. The third-order valence-corrected chi connectivity index (χ3v) is 5.97. The molecule has 2 aromatic carbocycles. The predicted octanol–water partition coefficient (Wildman–Crippen LogP) is 3.44. The lowest BCUT2D eigenvalue weighted by atomic mass is 10.1. The Bertz CT molecular complexity index is 931. The fraction of sp³-hybridized carbons (Fsp3) is 0.435. The van der Waals surface area contributed by atoms with Gasteiger partial charge in [-0.3, -0.25) is 0 Å². The van der Waals surface area contributed by atoms with Gasteiger partial charge in [0.15, 0.2) is 5.96 Å². The summed E-state index contributed by atoms with van der Waals surface area (Å²) in [6.45, 7) is 7.69. The van der Waals surface area contributed by atoms with Crippen LogP contribution >= 0.6 is 24.0 Å². The van der Waals surface area contributed by atoms with Gasteiger partial charge in [0.05, 0.1) is 19.4 Å². The lowest BCUT2D eigenvalue weighted by Gasteiger charge is -2.12. The van der Waals surface area contributed by atoms with Crippen LogP contribution in [0.15, 0.2) is 53.5 Å². The van der Waals surface area contributed by atoms with Crippen LogP contribution in [-0.4, -0.2) is 40.6 Å². The van der Waals surface area contributed by atoms with Crippen LogP contribution in [0.5, 0.6) is 5.75 Å². The van der Waals surface area contributed by atoms with Crippen LogP contribution in [0.25, 0.3) is 0 Å². The molecule has 2 rings (SSSR count). The molecule has 0 spiro atoms. The second-order valence-corrected chi connectivity index (χ2v) is 9.32. The van der Waals surface area contributed by atoms with Gasteiger partial charge in [0.25, 0.3) is 0 Å². The van der Waals surface area contributed by atoms with Crippen molar-refractivity contribution < 1.29 is 13.2 Å². The molecule has 0 aliphatic heterocycles. The van der Waals surface area contributed by atoms with Crippen molar-refractivity contribution in [3.8, 4) is 5.75 Å². The minimum Gasteiger partial charge on any atom is -0.497 e. The van der Waals surface area contributed by atoms with Crippen LogP contribution in [0.1, 0.15) is 37.5 Å². The first kappa shape index (κ1) is 28.2. The maximum Gasteiger partial charge on any atom is 0.216 e. The smallest absolute Gasteiger partial charge is 0.216 e. The van der Waals surface area contributed by atoms with E-state index in [-0.39, 0.29) is 35.8 Å². The Morgan fingerprint density at radius 1 is 0.969 bits per heavy atom. The molecule has 0 saturated carbocycles. The average Bonchev–Trinajstić information content (AvgIpc) is 2.72. The summed E-state index contributed by atoms with van der Waals surface area (Å²) in [6, 6.07) is 15.5. The molecule has 0 amide bonds. The Hall–Kier alpha value is -1.85. The summed E-state index contributed by atoms with van der Waals surface area (Å²) in [4.78, 5) is 4.63. The third kappa shape index (κ3) is 10.6. The maximum atomic E-state index is 12.1. The first-order valence-corrected chi connectivity index (χ1v) is 12.2. The molecule has 0 bridgehead atoms. The third-order valence-electron chi connectivity index (χ3n) is 4.42. The Balaban J connectivity index is 0.00000512. The van der Waals surface area contributed by atoms with Gasteiger partial charge in [0, 0.05) is 19.1 Å². The zero-order chi connectivity index (χ0) is 22.7. The van der Waals surface area contributed by atoms with Gasteiger partial charge in [-0.1, -0.05) is 36.4 Å². The number of methoxy groups -OCH3 is 1. The number of benzene rings is 2. The van der Waals surface area contributed by atoms with Crippen molar-refractivity contribution in [1.82, 2.24) is 15.4 Å². The quantitative estimate of drug-likeness (QED) is 0.217. The summed E-state index contributed by atoms with van der Waals surface area (Å²) in [6.07, 6.45) is 0.877. The number of sulfonamides is 1. The Labute approximate surface area is 209 Å². The fourth-order valence-electron chi connectivity index (χ4n) is 2.99. The largest absolute Gasteiger partial charge is 0.497 e. The van der Waals surface area contributed by atoms with Gasteiger partial charge < -0.3 is 15.4 Å². The minimum atomic E-state index is -3.32. The van der Waals surface area contributed by atoms with Gasteiger partial charge in [0.1, 0.15) is 5.75 Å². The van der Waals surface area contributed by atoms with Gasteiger partial charge >= 0.3 is 0 Å². The summed E-state index contributed by atoms with van der Waals surface area (Å²) in [5.41, 5.74) is 3.00. The predicted molar refractivity (Wildman–Crippen MR) is 142 cm³/mol. The average molecular weight is 575 g/mol. The number of hydrogen-bond acceptors (Lipinski definition) is 4. The number of hydrogen-bond donors (Lipinski definition) is 3. The maximum absolute atomic E-state index is 12.1. The van der Waals surface area contributed by atoms with Crippen LogP contribution < -0.4 is 20.1 Å². The molecule has 0 aromatic heterocycles. The normalized spacial score (nSPS) is 11.7. The van der Waals surface area contributed by atoms with Crippen LogP contribution in [-0.2, 0) is 28.7 Å². The summed E-state index contributed by atoms with van der Waals surface area (Å²) in [5.74, 6) is 1.58. The zero-order valence-corrected chi connectivity index (χ0v) is 22.4. The second-order valence-electron chi connectivity index (χ2n) is 7.57. The van der Waals surface area contributed by atoms with E-state index in [1.807, 2.05) is 57.2 Å². The molecule has 0 aliphatic carbocycles. The monoisotopic (exact) mass is 574 g/mol. The second kappa shape index (κ2) is 14.3. The number of aliphatic imine (C=N–C) groups is 1. The Kier molecular flexibility index (Phi) is 12.6. The standard InChI is InChI=1S/C23H34N4O3S.HI/c1-5-24-23(25-15-14-19-10-12-22(30-4)13-11-19)26-16-20-6-8-21(9-7-20)17-31(28,29)27-18(2)3;/h6-13,18,27H,5,14-17H2,1-4H3,(H2,24,25,26);1H. The summed E-state index contributed by atoms with van der Waals surface area (Å²) in [5, 5.41) is 6.60. The molecule has 0 heterocycles. The molecular formula is C23H35IN4O3S. The molecule has 9 heteroatoms. The molecule has 32 heavy (non-hydrogen) atoms. The number of nitrogens with zero attached hydrogens (tertiary/aromatic N) is 1. The van der Waals surface area contributed by atoms with Gasteiger partial charge in [-0.15, -0.1) is 24.0 Å². The molecule has 3 N–H and O–H groups in total. The van der Waals surface area contributed by atoms with E-state index in [9.17, 15) is 8.42 Å². The molecular weight excluding hydrogens is 539 g/mol. The van der Waals surface area contributed by atoms with E-state index < -0.39 is 10.0 Å². The van der Waals surface area contributed by atoms with Crippen molar-refractivity contribution in [3.63, 3.8) is 0 Å². The molecule has 7 nitrogen and oxygen atoms in total. The van der Waals surface area contributed by atoms with E-state index in [1.54, 1.807) is 7.11 Å². The number of halogens is 1. The van der Waals surface area contributed by atoms with Crippen molar-refractivity contribution in [2.24, 2.45) is 4.99 Å². The number of nitrogens with one attached hydrogen (secondary N) is 3. The van der Waals surface area contributed by atoms with Crippen molar-refractivity contribution >= 4 is 40.0 Å². The molecule has 0 saturated heterocycles. The topological polar surface area (TPSA) is 91.8 Å². The van der Waals surface area contributed by atoms with E-state index in [1.165, 1.54) is 5.56 Å². The summed E-state index contributed by atoms with van der Waals surface area (Å²) < 4.78 is 31.9. The lowest BCUT2D eigenvalue weighted by molar-refractivity contribution is 0.414. The molecule has 0 aliphatic rings. The molecule has 2 aromatic rings. The van der Waals surface area contributed by atoms with Gasteiger partial charge in [-0.25, -0.2) is 18.1 Å². The van der Waals surface area contributed by atoms with E-state index in [2.05, 4.69) is 32.5 Å². The van der Waals surface area contributed by atoms with Gasteiger partial charge in [-0.05, 0) is 56.0 Å². The number of guanidine groups is 1. The van der Waals surface area contributed by atoms with Gasteiger partial charge in [0.2, 0.25) is 10.0 Å². The zero-order valence-electron chi connectivity index (χ0n) is 19.2. The van der Waals surface area contributed by atoms with Crippen molar-refractivity contribution in [2.75, 3.05) is 20.2 Å². The van der Waals surface area contributed by atoms with Crippen LogP contribution in [0, 0.1) is 0 Å². The van der Waals surface area contributed by atoms with E-state index in [0.29, 0.717) is 6.54 Å². The summed E-state index contributed by atoms with van der Waals surface area (Å²) >= 11 is 0. The molecule has 178 valence electrons. The Morgan fingerprint density at radius 2 is 1.56 bits per heavy atom. The van der Waals surface area contributed by atoms with Crippen molar-refractivity contribution in [2.45, 2.75) is 45.5 Å². The molecule has 0 fully saturated rings. The van der Waals surface area contributed by atoms with E-state index in [0.717, 1.165) is 42.3 Å². The minimum absolute atomic E-state index is 0. The van der Waals surface area contributed by atoms with Crippen LogP contribution in [0.4, 0.5) is 0 Å². The van der Waals surface area contributed by atoms with E-state index in [4.69, 9.17) is 4.74 Å². The van der Waals surface area contributed by atoms with Crippen LogP contribution in [0.2, 0.25) is 0 Å².